The highest BCUT2D eigenvalue weighted by Gasteiger charge is 2.39. The second kappa shape index (κ2) is 19.8. The molecule has 1 saturated carbocycles. The lowest BCUT2D eigenvalue weighted by atomic mass is 9.64. The molecular weight excluding hydrogens is 693 g/mol. The van der Waals surface area contributed by atoms with E-state index >= 15 is 0 Å². The van der Waals surface area contributed by atoms with Crippen LogP contribution in [0.25, 0.3) is 0 Å². The lowest BCUT2D eigenvalue weighted by Crippen LogP contribution is -2.31. The molecule has 0 aromatic heterocycles. The Hall–Kier alpha value is -3.48. The summed E-state index contributed by atoms with van der Waals surface area (Å²) in [7, 11) is 0. The van der Waals surface area contributed by atoms with Crippen molar-refractivity contribution in [2.45, 2.75) is 84.0 Å². The highest BCUT2D eigenvalue weighted by Crippen LogP contribution is 2.47. The van der Waals surface area contributed by atoms with Crippen molar-refractivity contribution in [1.82, 2.24) is 0 Å². The fraction of sp³-hybridized carbons (Fsp3) is 0.431. The van der Waals surface area contributed by atoms with Gasteiger partial charge < -0.3 is 23.7 Å². The van der Waals surface area contributed by atoms with Gasteiger partial charge in [-0.2, -0.15) is 0 Å². The molecule has 0 heterocycles. The minimum atomic E-state index is -0.562. The first-order valence-electron chi connectivity index (χ1n) is 20.3. The number of rotatable bonds is 19. The molecule has 1 aliphatic rings. The summed E-state index contributed by atoms with van der Waals surface area (Å²) >= 11 is 0. The van der Waals surface area contributed by atoms with E-state index in [1.165, 1.54) is 44.9 Å². The monoisotopic (exact) mass is 757 g/mol. The minimum absolute atomic E-state index is 0.0502. The van der Waals surface area contributed by atoms with Gasteiger partial charge in [0.2, 0.25) is 0 Å². The molecule has 0 spiro atoms. The van der Waals surface area contributed by atoms with E-state index in [1.54, 1.807) is 0 Å². The van der Waals surface area contributed by atoms with Crippen LogP contribution in [-0.4, -0.2) is 59.5 Å². The quantitative estimate of drug-likeness (QED) is 0.0704. The Morgan fingerprint density at radius 1 is 0.339 bits per heavy atom. The Morgan fingerprint density at radius 2 is 0.625 bits per heavy atom. The molecule has 1 fully saturated rings. The van der Waals surface area contributed by atoms with Gasteiger partial charge in [-0.05, 0) is 93.0 Å². The third-order valence-electron chi connectivity index (χ3n) is 10.5. The van der Waals surface area contributed by atoms with E-state index in [1.807, 2.05) is 12.8 Å². The minimum Gasteiger partial charge on any atom is -0.491 e. The van der Waals surface area contributed by atoms with E-state index in [0.717, 1.165) is 5.75 Å². The lowest BCUT2D eigenvalue weighted by molar-refractivity contribution is -0.00326. The van der Waals surface area contributed by atoms with Crippen LogP contribution in [0.2, 0.25) is 0 Å². The maximum Gasteiger partial charge on any atom is 0.119 e. The van der Waals surface area contributed by atoms with Crippen molar-refractivity contribution in [3.05, 3.63) is 168 Å². The number of benzene rings is 4. The van der Waals surface area contributed by atoms with Crippen LogP contribution in [0.5, 0.6) is 5.75 Å². The average Bonchev–Trinajstić information content (AvgIpc) is 3.69. The van der Waals surface area contributed by atoms with Gasteiger partial charge in [0, 0.05) is 5.92 Å². The average molecular weight is 758 g/mol. The molecule has 5 heteroatoms. The summed E-state index contributed by atoms with van der Waals surface area (Å²) in [6, 6.07) is 36.5. The third kappa shape index (κ3) is 11.8. The van der Waals surface area contributed by atoms with Crippen molar-refractivity contribution in [2.75, 3.05) is 59.5 Å². The molecule has 0 aliphatic heterocycles. The summed E-state index contributed by atoms with van der Waals surface area (Å²) < 4.78 is 28.8. The molecule has 0 bridgehead atoms. The first kappa shape index (κ1) is 43.6. The molecule has 5 rings (SSSR count). The molecule has 299 valence electrons. The van der Waals surface area contributed by atoms with Crippen LogP contribution in [0.15, 0.2) is 97.1 Å². The number of hydrogen-bond donors (Lipinski definition) is 0. The first-order valence-corrected chi connectivity index (χ1v) is 20.3. The molecule has 4 aromatic carbocycles. The number of ether oxygens (including phenoxy) is 5. The summed E-state index contributed by atoms with van der Waals surface area (Å²) in [5.41, 5.74) is 8.40. The van der Waals surface area contributed by atoms with Gasteiger partial charge in [-0.1, -0.05) is 147 Å². The summed E-state index contributed by atoms with van der Waals surface area (Å²) in [6.45, 7) is 25.2. The summed E-state index contributed by atoms with van der Waals surface area (Å²) in [5.74, 6) is 2.00. The molecule has 0 atom stereocenters. The van der Waals surface area contributed by atoms with Crippen LogP contribution in [0.4, 0.5) is 0 Å². The summed E-state index contributed by atoms with van der Waals surface area (Å²) in [4.78, 5) is 0. The molecular formula is C51H65O5. The molecule has 0 amide bonds. The van der Waals surface area contributed by atoms with Crippen LogP contribution in [0.1, 0.15) is 101 Å². The third-order valence-corrected chi connectivity index (χ3v) is 10.5. The van der Waals surface area contributed by atoms with Crippen LogP contribution in [0, 0.1) is 31.6 Å². The fourth-order valence-electron chi connectivity index (χ4n) is 7.04. The predicted molar refractivity (Wildman–Crippen MR) is 230 cm³/mol. The van der Waals surface area contributed by atoms with Crippen molar-refractivity contribution in [3.8, 4) is 5.75 Å². The zero-order chi connectivity index (χ0) is 40.2. The maximum atomic E-state index is 6.17. The zero-order valence-electron chi connectivity index (χ0n) is 35.5. The molecule has 0 N–H and O–H groups in total. The van der Waals surface area contributed by atoms with E-state index in [-0.39, 0.29) is 16.2 Å². The molecule has 0 saturated heterocycles. The van der Waals surface area contributed by atoms with Crippen molar-refractivity contribution in [1.29, 1.82) is 0 Å². The van der Waals surface area contributed by atoms with Crippen molar-refractivity contribution in [2.24, 2.45) is 0 Å². The van der Waals surface area contributed by atoms with E-state index in [0.29, 0.717) is 59.5 Å². The van der Waals surface area contributed by atoms with Crippen molar-refractivity contribution < 1.29 is 23.7 Å². The van der Waals surface area contributed by atoms with Crippen molar-refractivity contribution in [3.63, 3.8) is 0 Å². The second-order valence-electron chi connectivity index (χ2n) is 17.8. The Balaban J connectivity index is 1.25. The smallest absolute Gasteiger partial charge is 0.119 e. The molecule has 56 heavy (non-hydrogen) atoms. The number of hydrogen-bond acceptors (Lipinski definition) is 5. The largest absolute Gasteiger partial charge is 0.491 e. The standard InChI is InChI=1S/C51H65O5/c1-48(2,3)40-14-20-43(21-15-40)51(44-22-16-41(17-23-44)49(4,5)6,45-24-18-42(19-25-45)50(7,8)9)46-26-28-47(29-27-46)56-37-36-54-33-32-52-30-31-53-34-35-55-38-39-12-10-11-13-39/h10-29H,30-38H2,1-9H3. The molecule has 0 unspecified atom stereocenters. The Morgan fingerprint density at radius 3 is 0.964 bits per heavy atom. The van der Waals surface area contributed by atoms with Gasteiger partial charge in [0.05, 0.1) is 58.3 Å². The Kier molecular flexibility index (Phi) is 15.4. The van der Waals surface area contributed by atoms with Gasteiger partial charge >= 0.3 is 0 Å². The Bertz CT molecular complexity index is 1570. The van der Waals surface area contributed by atoms with Crippen LogP contribution < -0.4 is 4.74 Å². The van der Waals surface area contributed by atoms with E-state index in [4.69, 9.17) is 23.7 Å². The molecule has 5 radical (unpaired) electrons. The van der Waals surface area contributed by atoms with Crippen LogP contribution >= 0.6 is 0 Å². The fourth-order valence-corrected chi connectivity index (χ4v) is 7.04. The SMILES string of the molecule is CC(C)(C)c1ccc(C(c2ccc(OCCOCCOCCOCCOC[C]3[CH][CH][CH][CH]3)cc2)(c2ccc(C(C)(C)C)cc2)c2ccc(C(C)(C)C)cc2)cc1. The lowest BCUT2D eigenvalue weighted by Gasteiger charge is -2.38. The van der Waals surface area contributed by atoms with Gasteiger partial charge in [0.1, 0.15) is 12.4 Å². The van der Waals surface area contributed by atoms with E-state index in [2.05, 4.69) is 172 Å². The first-order chi connectivity index (χ1) is 26.7. The molecule has 5 nitrogen and oxygen atoms in total. The van der Waals surface area contributed by atoms with Crippen LogP contribution in [0.3, 0.4) is 0 Å². The summed E-state index contributed by atoms with van der Waals surface area (Å²) in [6.07, 6.45) is 8.14. The Labute approximate surface area is 339 Å². The predicted octanol–water partition coefficient (Wildman–Crippen LogP) is 10.8. The zero-order valence-corrected chi connectivity index (χ0v) is 35.5. The molecule has 4 aromatic rings. The van der Waals surface area contributed by atoms with Gasteiger partial charge in [-0.25, -0.2) is 0 Å². The van der Waals surface area contributed by atoms with Gasteiger partial charge in [-0.15, -0.1) is 0 Å². The van der Waals surface area contributed by atoms with Crippen LogP contribution in [-0.2, 0) is 40.6 Å². The van der Waals surface area contributed by atoms with E-state index < -0.39 is 5.41 Å². The maximum absolute atomic E-state index is 6.17. The topological polar surface area (TPSA) is 46.2 Å². The van der Waals surface area contributed by atoms with E-state index in [9.17, 15) is 0 Å². The highest BCUT2D eigenvalue weighted by atomic mass is 16.6. The molecule has 1 aliphatic carbocycles. The summed E-state index contributed by atoms with van der Waals surface area (Å²) in [5, 5.41) is 0. The normalized spacial score (nSPS) is 14.4. The van der Waals surface area contributed by atoms with Gasteiger partial charge in [-0.3, -0.25) is 0 Å². The van der Waals surface area contributed by atoms with Gasteiger partial charge in [0.25, 0.3) is 0 Å². The van der Waals surface area contributed by atoms with Gasteiger partial charge in [0.15, 0.2) is 0 Å². The van der Waals surface area contributed by atoms with Crippen molar-refractivity contribution >= 4 is 0 Å². The highest BCUT2D eigenvalue weighted by molar-refractivity contribution is 5.61. The second-order valence-corrected chi connectivity index (χ2v) is 17.8.